The Balaban J connectivity index is 1.30. The molecule has 0 heterocycles. The number of amides is 1. The quantitative estimate of drug-likeness (QED) is 0.0726. The molecule has 9 heteroatoms. The molecule has 0 fully saturated rings. The number of ether oxygens (including phenoxy) is 3. The van der Waals surface area contributed by atoms with Gasteiger partial charge in [0, 0.05) is 27.2 Å². The number of carbonyl (C=O) groups is 2. The summed E-state index contributed by atoms with van der Waals surface area (Å²) >= 11 is 12.1. The number of carbonyl (C=O) groups excluding carboxylic acids is 2. The Labute approximate surface area is 241 Å². The summed E-state index contributed by atoms with van der Waals surface area (Å²) in [5.74, 6) is 0.237. The van der Waals surface area contributed by atoms with Crippen LogP contribution in [0, 0.1) is 0 Å². The molecule has 0 aliphatic carbocycles. The fourth-order valence-corrected chi connectivity index (χ4v) is 3.92. The smallest absolute Gasteiger partial charge is 0.336 e. The fourth-order valence-electron chi connectivity index (χ4n) is 3.45. The lowest BCUT2D eigenvalue weighted by Gasteiger charge is -2.09. The van der Waals surface area contributed by atoms with Crippen molar-refractivity contribution < 1.29 is 23.8 Å². The molecule has 4 aromatic rings. The fraction of sp³-hybridized carbons (Fsp3) is 0.0645. The van der Waals surface area contributed by atoms with Gasteiger partial charge in [-0.3, -0.25) is 4.79 Å². The molecule has 0 aliphatic heterocycles. The molecule has 0 aromatic heterocycles. The number of rotatable bonds is 10. The van der Waals surface area contributed by atoms with Gasteiger partial charge in [0.25, 0.3) is 5.91 Å². The third-order valence-corrected chi connectivity index (χ3v) is 6.10. The molecule has 0 aliphatic rings. The average molecular weight is 575 g/mol. The third-order valence-electron chi connectivity index (χ3n) is 5.52. The second-order valence-corrected chi connectivity index (χ2v) is 9.17. The van der Waals surface area contributed by atoms with Crippen LogP contribution in [0.2, 0.25) is 10.0 Å². The number of benzene rings is 4. The molecule has 1 N–H and O–H groups in total. The minimum atomic E-state index is -0.541. The Bertz CT molecular complexity index is 1540. The van der Waals surface area contributed by atoms with Gasteiger partial charge in [0.15, 0.2) is 11.5 Å². The minimum absolute atomic E-state index is 0.257. The molecule has 0 unspecified atom stereocenters. The van der Waals surface area contributed by atoms with Gasteiger partial charge in [-0.05, 0) is 71.8 Å². The maximum absolute atomic E-state index is 12.5. The van der Waals surface area contributed by atoms with Crippen molar-refractivity contribution in [1.82, 2.24) is 5.43 Å². The first-order valence-corrected chi connectivity index (χ1v) is 12.8. The Morgan fingerprint density at radius 3 is 2.38 bits per heavy atom. The second kappa shape index (κ2) is 14.0. The molecule has 0 radical (unpaired) electrons. The summed E-state index contributed by atoms with van der Waals surface area (Å²) in [6.45, 7) is 0.262. The van der Waals surface area contributed by atoms with Crippen LogP contribution < -0.4 is 19.6 Å². The van der Waals surface area contributed by atoms with Gasteiger partial charge in [-0.2, -0.15) is 5.10 Å². The van der Waals surface area contributed by atoms with Crippen LogP contribution >= 0.6 is 23.2 Å². The monoisotopic (exact) mass is 574 g/mol. The summed E-state index contributed by atoms with van der Waals surface area (Å²) in [6, 6.07) is 26.1. The first-order valence-electron chi connectivity index (χ1n) is 12.0. The van der Waals surface area contributed by atoms with Crippen molar-refractivity contribution in [2.75, 3.05) is 7.11 Å². The highest BCUT2D eigenvalue weighted by Crippen LogP contribution is 2.28. The number of methoxy groups -OCH3 is 1. The maximum atomic E-state index is 12.5. The van der Waals surface area contributed by atoms with Crippen molar-refractivity contribution >= 4 is 47.4 Å². The molecule has 0 saturated carbocycles. The van der Waals surface area contributed by atoms with Gasteiger partial charge in [0.2, 0.25) is 0 Å². The van der Waals surface area contributed by atoms with E-state index in [2.05, 4.69) is 10.5 Å². The summed E-state index contributed by atoms with van der Waals surface area (Å²) in [5, 5.41) is 5.08. The second-order valence-electron chi connectivity index (χ2n) is 8.32. The normalized spacial score (nSPS) is 11.0. The van der Waals surface area contributed by atoms with E-state index in [-0.39, 0.29) is 12.4 Å². The number of hydrazone groups is 1. The largest absolute Gasteiger partial charge is 0.493 e. The zero-order valence-electron chi connectivity index (χ0n) is 21.3. The van der Waals surface area contributed by atoms with E-state index in [0.717, 1.165) is 11.1 Å². The molecular weight excluding hydrogens is 551 g/mol. The molecule has 0 bridgehead atoms. The summed E-state index contributed by atoms with van der Waals surface area (Å²) in [7, 11) is 1.46. The van der Waals surface area contributed by atoms with Crippen LogP contribution in [0.25, 0.3) is 6.08 Å². The van der Waals surface area contributed by atoms with Crippen molar-refractivity contribution in [3.8, 4) is 17.2 Å². The number of esters is 1. The maximum Gasteiger partial charge on any atom is 0.336 e. The van der Waals surface area contributed by atoms with Gasteiger partial charge in [-0.1, -0.05) is 59.6 Å². The van der Waals surface area contributed by atoms with Gasteiger partial charge in [-0.25, -0.2) is 10.2 Å². The first kappa shape index (κ1) is 28.4. The molecular formula is C31H24Cl2N2O5. The predicted molar refractivity (Wildman–Crippen MR) is 156 cm³/mol. The molecule has 0 spiro atoms. The Hall–Kier alpha value is -4.59. The highest BCUT2D eigenvalue weighted by atomic mass is 35.5. The van der Waals surface area contributed by atoms with E-state index < -0.39 is 11.9 Å². The summed E-state index contributed by atoms with van der Waals surface area (Å²) in [4.78, 5) is 24.7. The zero-order valence-corrected chi connectivity index (χ0v) is 22.9. The highest BCUT2D eigenvalue weighted by Gasteiger charge is 2.10. The molecule has 202 valence electrons. The molecule has 1 amide bonds. The summed E-state index contributed by atoms with van der Waals surface area (Å²) < 4.78 is 16.5. The lowest BCUT2D eigenvalue weighted by molar-refractivity contribution is -0.129. The first-order chi connectivity index (χ1) is 19.4. The number of hydrogen-bond donors (Lipinski definition) is 1. The molecule has 7 nitrogen and oxygen atoms in total. The van der Waals surface area contributed by atoms with E-state index >= 15 is 0 Å². The average Bonchev–Trinajstić information content (AvgIpc) is 2.97. The van der Waals surface area contributed by atoms with Gasteiger partial charge in [0.05, 0.1) is 13.3 Å². The molecule has 0 saturated heterocycles. The van der Waals surface area contributed by atoms with Crippen LogP contribution in [-0.4, -0.2) is 25.2 Å². The predicted octanol–water partition coefficient (Wildman–Crippen LogP) is 6.96. The Morgan fingerprint density at radius 2 is 1.65 bits per heavy atom. The van der Waals surface area contributed by atoms with Gasteiger partial charge < -0.3 is 14.2 Å². The van der Waals surface area contributed by atoms with Gasteiger partial charge >= 0.3 is 5.97 Å². The van der Waals surface area contributed by atoms with Crippen LogP contribution in [0.5, 0.6) is 17.2 Å². The van der Waals surface area contributed by atoms with E-state index in [1.807, 2.05) is 30.3 Å². The number of nitrogens with zero attached hydrogens (tertiary/aromatic N) is 1. The number of nitrogens with one attached hydrogen (secondary N) is 1. The lowest BCUT2D eigenvalue weighted by atomic mass is 10.2. The van der Waals surface area contributed by atoms with Crippen LogP contribution in [0.1, 0.15) is 27.0 Å². The van der Waals surface area contributed by atoms with Gasteiger partial charge in [-0.15, -0.1) is 0 Å². The zero-order chi connectivity index (χ0) is 28.3. The highest BCUT2D eigenvalue weighted by molar-refractivity contribution is 6.35. The molecule has 0 atom stereocenters. The molecule has 4 aromatic carbocycles. The van der Waals surface area contributed by atoms with Crippen molar-refractivity contribution in [2.24, 2.45) is 5.10 Å². The van der Waals surface area contributed by atoms with Crippen molar-refractivity contribution in [3.05, 3.63) is 129 Å². The van der Waals surface area contributed by atoms with E-state index in [4.69, 9.17) is 37.4 Å². The van der Waals surface area contributed by atoms with E-state index in [1.165, 1.54) is 19.4 Å². The Morgan fingerprint density at radius 1 is 0.875 bits per heavy atom. The molecule has 4 rings (SSSR count). The summed E-state index contributed by atoms with van der Waals surface area (Å²) in [5.41, 5.74) is 5.18. The van der Waals surface area contributed by atoms with Crippen LogP contribution in [-0.2, 0) is 11.4 Å². The summed E-state index contributed by atoms with van der Waals surface area (Å²) in [6.07, 6.45) is 4.46. The van der Waals surface area contributed by atoms with E-state index in [0.29, 0.717) is 32.7 Å². The minimum Gasteiger partial charge on any atom is -0.493 e. The lowest BCUT2D eigenvalue weighted by Crippen LogP contribution is -2.17. The third kappa shape index (κ3) is 8.20. The topological polar surface area (TPSA) is 86.2 Å². The van der Waals surface area contributed by atoms with E-state index in [1.54, 1.807) is 66.7 Å². The SMILES string of the molecule is COc1cc(/C=N\NC(=O)c2ccc(OCc3ccc(Cl)cc3Cl)cc2)ccc1OC(=O)/C=C/c1ccccc1. The van der Waals surface area contributed by atoms with Gasteiger partial charge in [0.1, 0.15) is 12.4 Å². The van der Waals surface area contributed by atoms with Crippen LogP contribution in [0.15, 0.2) is 102 Å². The van der Waals surface area contributed by atoms with Crippen molar-refractivity contribution in [2.45, 2.75) is 6.61 Å². The van der Waals surface area contributed by atoms with Crippen LogP contribution in [0.3, 0.4) is 0 Å². The van der Waals surface area contributed by atoms with Crippen molar-refractivity contribution in [1.29, 1.82) is 0 Å². The van der Waals surface area contributed by atoms with E-state index in [9.17, 15) is 9.59 Å². The number of hydrogen-bond acceptors (Lipinski definition) is 6. The Kier molecular flexibility index (Phi) is 9.93. The number of halogens is 2. The van der Waals surface area contributed by atoms with Crippen molar-refractivity contribution in [3.63, 3.8) is 0 Å². The standard InChI is InChI=1S/C31H24Cl2N2O5/c1-38-29-17-22(7-15-28(29)40-30(36)16-8-21-5-3-2-4-6-21)19-34-35-31(37)23-10-13-26(14-11-23)39-20-24-9-12-25(32)18-27(24)33/h2-19H,20H2,1H3,(H,35,37)/b16-8+,34-19-. The van der Waals surface area contributed by atoms with Crippen LogP contribution in [0.4, 0.5) is 0 Å². The molecule has 40 heavy (non-hydrogen) atoms.